The van der Waals surface area contributed by atoms with Crippen molar-refractivity contribution in [1.82, 2.24) is 0 Å². The fraction of sp³-hybridized carbons (Fsp3) is 0.800. The summed E-state index contributed by atoms with van der Waals surface area (Å²) < 4.78 is 0. The van der Waals surface area contributed by atoms with E-state index in [9.17, 15) is 0 Å². The van der Waals surface area contributed by atoms with Gasteiger partial charge in [0.05, 0.1) is 0 Å². The maximum Gasteiger partial charge on any atom is -0.0191 e. The lowest BCUT2D eigenvalue weighted by molar-refractivity contribution is 0.651. The van der Waals surface area contributed by atoms with E-state index in [-0.39, 0.29) is 0 Å². The first-order valence-electron chi connectivity index (χ1n) is 4.36. The SMILES string of the molecule is CCC(C)C(C)=C1CC1C. The molecule has 0 aromatic heterocycles. The molecule has 0 N–H and O–H groups in total. The van der Waals surface area contributed by atoms with Crippen molar-refractivity contribution in [3.8, 4) is 0 Å². The summed E-state index contributed by atoms with van der Waals surface area (Å²) in [5.74, 6) is 1.73. The van der Waals surface area contributed by atoms with Gasteiger partial charge in [0.1, 0.15) is 0 Å². The lowest BCUT2D eigenvalue weighted by atomic mass is 9.99. The maximum absolute atomic E-state index is 2.33. The predicted molar refractivity (Wildman–Crippen MR) is 45.9 cm³/mol. The van der Waals surface area contributed by atoms with Gasteiger partial charge >= 0.3 is 0 Å². The van der Waals surface area contributed by atoms with Crippen LogP contribution in [0.5, 0.6) is 0 Å². The highest BCUT2D eigenvalue weighted by atomic mass is 14.3. The molecule has 1 fully saturated rings. The fourth-order valence-electron chi connectivity index (χ4n) is 1.44. The molecule has 1 rings (SSSR count). The average Bonchev–Trinajstić information content (AvgIpc) is 2.63. The minimum atomic E-state index is 0.819. The molecular weight excluding hydrogens is 120 g/mol. The van der Waals surface area contributed by atoms with Crippen molar-refractivity contribution in [2.24, 2.45) is 11.8 Å². The van der Waals surface area contributed by atoms with Gasteiger partial charge in [-0.1, -0.05) is 31.9 Å². The van der Waals surface area contributed by atoms with Gasteiger partial charge in [-0.05, 0) is 31.6 Å². The van der Waals surface area contributed by atoms with E-state index in [1.54, 1.807) is 11.1 Å². The second kappa shape index (κ2) is 2.77. The smallest absolute Gasteiger partial charge is 0.0191 e. The van der Waals surface area contributed by atoms with Gasteiger partial charge in [0.25, 0.3) is 0 Å². The van der Waals surface area contributed by atoms with Gasteiger partial charge in [-0.25, -0.2) is 0 Å². The van der Waals surface area contributed by atoms with E-state index < -0.39 is 0 Å². The van der Waals surface area contributed by atoms with Crippen LogP contribution >= 0.6 is 0 Å². The number of hydrogen-bond acceptors (Lipinski definition) is 0. The van der Waals surface area contributed by atoms with E-state index in [4.69, 9.17) is 0 Å². The summed E-state index contributed by atoms with van der Waals surface area (Å²) in [6.45, 7) is 9.21. The molecule has 0 aromatic rings. The molecule has 0 aliphatic heterocycles. The molecule has 0 saturated heterocycles. The molecule has 0 bridgehead atoms. The van der Waals surface area contributed by atoms with Crippen molar-refractivity contribution in [1.29, 1.82) is 0 Å². The van der Waals surface area contributed by atoms with Gasteiger partial charge in [-0.15, -0.1) is 0 Å². The molecule has 0 radical (unpaired) electrons. The van der Waals surface area contributed by atoms with Crippen LogP contribution in [-0.4, -0.2) is 0 Å². The zero-order valence-electron chi connectivity index (χ0n) is 7.57. The van der Waals surface area contributed by atoms with Crippen molar-refractivity contribution in [3.05, 3.63) is 11.1 Å². The van der Waals surface area contributed by atoms with Crippen LogP contribution in [0.3, 0.4) is 0 Å². The summed E-state index contributed by atoms with van der Waals surface area (Å²) >= 11 is 0. The molecule has 0 aromatic carbocycles. The minimum Gasteiger partial charge on any atom is -0.0710 e. The summed E-state index contributed by atoms with van der Waals surface area (Å²) in [4.78, 5) is 0. The Hall–Kier alpha value is -0.260. The van der Waals surface area contributed by atoms with Crippen molar-refractivity contribution < 1.29 is 0 Å². The zero-order valence-corrected chi connectivity index (χ0v) is 7.57. The Morgan fingerprint density at radius 2 is 2.20 bits per heavy atom. The van der Waals surface area contributed by atoms with E-state index in [0.29, 0.717) is 0 Å². The zero-order chi connectivity index (χ0) is 7.72. The van der Waals surface area contributed by atoms with Gasteiger partial charge in [0, 0.05) is 0 Å². The Balaban J connectivity index is 2.56. The van der Waals surface area contributed by atoms with Crippen molar-refractivity contribution >= 4 is 0 Å². The number of rotatable bonds is 2. The minimum absolute atomic E-state index is 0.819. The highest BCUT2D eigenvalue weighted by Crippen LogP contribution is 2.41. The molecule has 10 heavy (non-hydrogen) atoms. The molecule has 0 heterocycles. The van der Waals surface area contributed by atoms with Crippen LogP contribution in [0.1, 0.15) is 40.5 Å². The van der Waals surface area contributed by atoms with E-state index in [1.807, 2.05) is 0 Å². The molecule has 0 spiro atoms. The second-order valence-corrected chi connectivity index (χ2v) is 3.62. The molecule has 2 unspecified atom stereocenters. The van der Waals surface area contributed by atoms with E-state index >= 15 is 0 Å². The van der Waals surface area contributed by atoms with Gasteiger partial charge in [0.15, 0.2) is 0 Å². The highest BCUT2D eigenvalue weighted by molar-refractivity contribution is 5.28. The first-order chi connectivity index (χ1) is 4.66. The topological polar surface area (TPSA) is 0 Å². The predicted octanol–water partition coefficient (Wildman–Crippen LogP) is 3.39. The Bertz CT molecular complexity index is 153. The van der Waals surface area contributed by atoms with Crippen LogP contribution in [0.4, 0.5) is 0 Å². The normalized spacial score (nSPS) is 31.8. The number of allylic oxidation sites excluding steroid dienone is 2. The Morgan fingerprint density at radius 3 is 2.50 bits per heavy atom. The molecule has 1 aliphatic rings. The monoisotopic (exact) mass is 138 g/mol. The summed E-state index contributed by atoms with van der Waals surface area (Å²) in [5.41, 5.74) is 3.39. The van der Waals surface area contributed by atoms with Crippen LogP contribution < -0.4 is 0 Å². The largest absolute Gasteiger partial charge is 0.0710 e. The molecule has 2 atom stereocenters. The second-order valence-electron chi connectivity index (χ2n) is 3.62. The van der Waals surface area contributed by atoms with Gasteiger partial charge in [0.2, 0.25) is 0 Å². The lowest BCUT2D eigenvalue weighted by Gasteiger charge is -2.07. The van der Waals surface area contributed by atoms with E-state index in [1.165, 1.54) is 12.8 Å². The van der Waals surface area contributed by atoms with Gasteiger partial charge in [-0.2, -0.15) is 0 Å². The van der Waals surface area contributed by atoms with Crippen LogP contribution in [0.2, 0.25) is 0 Å². The Labute approximate surface area is 64.3 Å². The Kier molecular flexibility index (Phi) is 2.18. The number of hydrogen-bond donors (Lipinski definition) is 0. The van der Waals surface area contributed by atoms with Gasteiger partial charge in [-0.3, -0.25) is 0 Å². The Morgan fingerprint density at radius 1 is 1.70 bits per heavy atom. The maximum atomic E-state index is 2.33. The summed E-state index contributed by atoms with van der Waals surface area (Å²) in [7, 11) is 0. The van der Waals surface area contributed by atoms with E-state index in [2.05, 4.69) is 27.7 Å². The molecule has 0 nitrogen and oxygen atoms in total. The molecule has 0 heteroatoms. The first-order valence-corrected chi connectivity index (χ1v) is 4.36. The van der Waals surface area contributed by atoms with Crippen LogP contribution in [0.25, 0.3) is 0 Å². The van der Waals surface area contributed by atoms with Crippen molar-refractivity contribution in [3.63, 3.8) is 0 Å². The third-order valence-electron chi connectivity index (χ3n) is 2.82. The third kappa shape index (κ3) is 1.42. The van der Waals surface area contributed by atoms with E-state index in [0.717, 1.165) is 11.8 Å². The fourth-order valence-corrected chi connectivity index (χ4v) is 1.44. The van der Waals surface area contributed by atoms with Crippen LogP contribution in [0.15, 0.2) is 11.1 Å². The standard InChI is InChI=1S/C10H18/c1-5-7(2)9(4)10-6-8(10)3/h7-8H,5-6H2,1-4H3. The molecule has 1 aliphatic carbocycles. The molecule has 0 amide bonds. The quantitative estimate of drug-likeness (QED) is 0.513. The van der Waals surface area contributed by atoms with Crippen LogP contribution in [-0.2, 0) is 0 Å². The third-order valence-corrected chi connectivity index (χ3v) is 2.82. The molecule has 1 saturated carbocycles. The highest BCUT2D eigenvalue weighted by Gasteiger charge is 2.27. The first kappa shape index (κ1) is 7.84. The summed E-state index contributed by atoms with van der Waals surface area (Å²) in [5, 5.41) is 0. The molecule has 58 valence electrons. The summed E-state index contributed by atoms with van der Waals surface area (Å²) in [6.07, 6.45) is 2.66. The van der Waals surface area contributed by atoms with Crippen molar-refractivity contribution in [2.45, 2.75) is 40.5 Å². The van der Waals surface area contributed by atoms with Crippen molar-refractivity contribution in [2.75, 3.05) is 0 Å². The lowest BCUT2D eigenvalue weighted by Crippen LogP contribution is -1.93. The average molecular weight is 138 g/mol. The summed E-state index contributed by atoms with van der Waals surface area (Å²) in [6, 6.07) is 0. The van der Waals surface area contributed by atoms with Gasteiger partial charge < -0.3 is 0 Å². The molecular formula is C10H18. The van der Waals surface area contributed by atoms with Crippen LogP contribution in [0, 0.1) is 11.8 Å².